The Hall–Kier alpha value is -9.38. The molecule has 0 bridgehead atoms. The van der Waals surface area contributed by atoms with E-state index in [4.69, 9.17) is 0 Å². The van der Waals surface area contributed by atoms with E-state index in [0.717, 1.165) is 34.1 Å². The molecule has 0 aromatic heterocycles. The summed E-state index contributed by atoms with van der Waals surface area (Å²) >= 11 is 0. The molecule has 12 aromatic carbocycles. The molecule has 0 amide bonds. The van der Waals surface area contributed by atoms with Crippen LogP contribution in [-0.2, 0) is 5.41 Å². The van der Waals surface area contributed by atoms with Gasteiger partial charge in [0.25, 0.3) is 0 Å². The van der Waals surface area contributed by atoms with Crippen LogP contribution in [0.2, 0.25) is 0 Å². The molecule has 0 unspecified atom stereocenters. The van der Waals surface area contributed by atoms with Crippen LogP contribution in [0.5, 0.6) is 0 Å². The van der Waals surface area contributed by atoms with Gasteiger partial charge in [-0.1, -0.05) is 166 Å². The second kappa shape index (κ2) is 16.3. The molecule has 4 heteroatoms. The van der Waals surface area contributed by atoms with Crippen molar-refractivity contribution in [2.24, 2.45) is 0 Å². The van der Waals surface area contributed by atoms with Gasteiger partial charge in [0.05, 0.1) is 45.5 Å². The van der Waals surface area contributed by atoms with Crippen molar-refractivity contribution < 1.29 is 0 Å². The fourth-order valence-corrected chi connectivity index (χ4v) is 13.0. The summed E-state index contributed by atoms with van der Waals surface area (Å²) < 4.78 is 0. The molecule has 0 saturated heterocycles. The first-order valence-corrected chi connectivity index (χ1v) is 26.1. The summed E-state index contributed by atoms with van der Waals surface area (Å²) in [6.45, 7) is 4.78. The van der Waals surface area contributed by atoms with Gasteiger partial charge in [-0.3, -0.25) is 0 Å². The SMILES string of the molecule is CN1c2ccccc2N(c2ccc3c(-c4ccc5cc(-c6ccccc6)ccc5c4)c4cc(N5c6ccccc6N(C)c6ccccc65)ccc4c(-c4ccc5c(c4)C(C)(C)c4ccccc4-5)c3c2)c2ccccc21. The van der Waals surface area contributed by atoms with Crippen LogP contribution in [0.3, 0.4) is 0 Å². The molecule has 2 heterocycles. The smallest absolute Gasteiger partial charge is 0.0699 e. The number of fused-ring (bicyclic) bond motifs is 10. The van der Waals surface area contributed by atoms with Crippen molar-refractivity contribution >= 4 is 89.2 Å². The number of hydrogen-bond acceptors (Lipinski definition) is 4. The zero-order chi connectivity index (χ0) is 50.1. The highest BCUT2D eigenvalue weighted by atomic mass is 15.3. The van der Waals surface area contributed by atoms with Crippen molar-refractivity contribution in [1.29, 1.82) is 0 Å². The first-order chi connectivity index (χ1) is 36.8. The fourth-order valence-electron chi connectivity index (χ4n) is 13.0. The molecule has 0 fully saturated rings. The summed E-state index contributed by atoms with van der Waals surface area (Å²) in [5.41, 5.74) is 24.0. The van der Waals surface area contributed by atoms with Crippen molar-refractivity contribution in [3.05, 3.63) is 254 Å². The number of para-hydroxylation sites is 8. The highest BCUT2D eigenvalue weighted by molar-refractivity contribution is 6.23. The molecule has 12 aromatic rings. The first kappa shape index (κ1) is 43.2. The van der Waals surface area contributed by atoms with E-state index < -0.39 is 0 Å². The third-order valence-corrected chi connectivity index (χ3v) is 16.6. The molecule has 2 aliphatic heterocycles. The van der Waals surface area contributed by atoms with Crippen molar-refractivity contribution in [2.75, 3.05) is 33.7 Å². The molecule has 0 saturated carbocycles. The highest BCUT2D eigenvalue weighted by Crippen LogP contribution is 2.56. The minimum Gasteiger partial charge on any atom is -0.341 e. The number of nitrogens with zero attached hydrogens (tertiary/aromatic N) is 4. The third kappa shape index (κ3) is 6.42. The van der Waals surface area contributed by atoms with Gasteiger partial charge in [0.1, 0.15) is 0 Å². The third-order valence-electron chi connectivity index (χ3n) is 16.6. The number of rotatable bonds is 5. The van der Waals surface area contributed by atoms with Crippen LogP contribution in [0, 0.1) is 0 Å². The maximum Gasteiger partial charge on any atom is 0.0699 e. The maximum absolute atomic E-state index is 2.51. The van der Waals surface area contributed by atoms with Crippen LogP contribution < -0.4 is 19.6 Å². The monoisotopic (exact) mass is 960 g/mol. The molecule has 75 heavy (non-hydrogen) atoms. The van der Waals surface area contributed by atoms with E-state index in [1.165, 1.54) is 111 Å². The molecule has 4 nitrogen and oxygen atoms in total. The molecule has 1 aliphatic carbocycles. The summed E-state index contributed by atoms with van der Waals surface area (Å²) in [6, 6.07) is 90.6. The van der Waals surface area contributed by atoms with Crippen molar-refractivity contribution in [1.82, 2.24) is 0 Å². The van der Waals surface area contributed by atoms with E-state index in [0.29, 0.717) is 0 Å². The summed E-state index contributed by atoms with van der Waals surface area (Å²) in [5, 5.41) is 7.25. The Labute approximate surface area is 438 Å². The van der Waals surface area contributed by atoms with Gasteiger partial charge in [0.2, 0.25) is 0 Å². The molecule has 0 N–H and O–H groups in total. The fraction of sp³-hybridized carbons (Fsp3) is 0.0704. The lowest BCUT2D eigenvalue weighted by atomic mass is 9.80. The molecule has 0 atom stereocenters. The van der Waals surface area contributed by atoms with E-state index in [1.807, 2.05) is 0 Å². The van der Waals surface area contributed by atoms with Gasteiger partial charge >= 0.3 is 0 Å². The molecule has 3 aliphatic rings. The van der Waals surface area contributed by atoms with Crippen LogP contribution in [-0.4, -0.2) is 14.1 Å². The van der Waals surface area contributed by atoms with Gasteiger partial charge in [-0.05, 0) is 179 Å². The van der Waals surface area contributed by atoms with E-state index in [9.17, 15) is 0 Å². The minimum atomic E-state index is -0.174. The number of benzene rings is 12. The average molecular weight is 961 g/mol. The zero-order valence-corrected chi connectivity index (χ0v) is 42.4. The predicted molar refractivity (Wildman–Crippen MR) is 318 cm³/mol. The lowest BCUT2D eigenvalue weighted by Gasteiger charge is -2.39. The van der Waals surface area contributed by atoms with Gasteiger partial charge in [0.15, 0.2) is 0 Å². The number of anilines is 10. The number of hydrogen-bond donors (Lipinski definition) is 0. The Morgan fingerprint density at radius 3 is 1.20 bits per heavy atom. The Balaban J connectivity index is 1.04. The lowest BCUT2D eigenvalue weighted by molar-refractivity contribution is 0.660. The molecule has 356 valence electrons. The van der Waals surface area contributed by atoms with Crippen molar-refractivity contribution in [3.63, 3.8) is 0 Å². The quantitative estimate of drug-likeness (QED) is 0.159. The van der Waals surface area contributed by atoms with Crippen LogP contribution >= 0.6 is 0 Å². The van der Waals surface area contributed by atoms with Crippen molar-refractivity contribution in [2.45, 2.75) is 19.3 Å². The zero-order valence-electron chi connectivity index (χ0n) is 42.4. The highest BCUT2D eigenvalue weighted by Gasteiger charge is 2.36. The van der Waals surface area contributed by atoms with Crippen LogP contribution in [0.25, 0.3) is 76.8 Å². The lowest BCUT2D eigenvalue weighted by Crippen LogP contribution is -2.24. The standard InChI is InChI=1S/C71H52N4/c1-71(2)59-21-9-8-20-53(59)54-37-34-50(42-60(54)71)70-56-39-36-51(74-65-26-14-10-22-61(65)72(3)62-23-11-15-27-66(62)74)43-57(56)69(49-33-32-47-40-46(30-31-48(47)41-49)45-18-6-5-7-19-45)55-38-35-52(44-58(55)70)75-67-28-16-12-24-63(67)73(4)64-25-13-17-29-68(64)75/h5-44H,1-4H3. The van der Waals surface area contributed by atoms with Crippen LogP contribution in [0.15, 0.2) is 243 Å². The minimum absolute atomic E-state index is 0.174. The normalized spacial score (nSPS) is 13.9. The molecular weight excluding hydrogens is 909 g/mol. The largest absolute Gasteiger partial charge is 0.341 e. The molecular formula is C71H52N4. The van der Waals surface area contributed by atoms with E-state index in [-0.39, 0.29) is 5.41 Å². The van der Waals surface area contributed by atoms with Gasteiger partial charge < -0.3 is 19.6 Å². The van der Waals surface area contributed by atoms with Gasteiger partial charge in [-0.15, -0.1) is 0 Å². The van der Waals surface area contributed by atoms with Crippen molar-refractivity contribution in [3.8, 4) is 44.5 Å². The van der Waals surface area contributed by atoms with Crippen LogP contribution in [0.4, 0.5) is 56.9 Å². The van der Waals surface area contributed by atoms with Gasteiger partial charge in [-0.25, -0.2) is 0 Å². The molecule has 0 spiro atoms. The second-order valence-electron chi connectivity index (χ2n) is 21.0. The van der Waals surface area contributed by atoms with E-state index in [1.54, 1.807) is 0 Å². The van der Waals surface area contributed by atoms with E-state index in [2.05, 4.69) is 290 Å². The van der Waals surface area contributed by atoms with Gasteiger partial charge in [0, 0.05) is 30.9 Å². The molecule has 15 rings (SSSR count). The Morgan fingerprint density at radius 2 is 0.680 bits per heavy atom. The Kier molecular flexibility index (Phi) is 9.40. The second-order valence-corrected chi connectivity index (χ2v) is 21.0. The van der Waals surface area contributed by atoms with Gasteiger partial charge in [-0.2, -0.15) is 0 Å². The topological polar surface area (TPSA) is 13.0 Å². The maximum atomic E-state index is 2.51. The van der Waals surface area contributed by atoms with E-state index >= 15 is 0 Å². The molecule has 0 radical (unpaired) electrons. The average Bonchev–Trinajstić information content (AvgIpc) is 3.77. The predicted octanol–water partition coefficient (Wildman–Crippen LogP) is 19.6. The Bertz CT molecular complexity index is 4250. The first-order valence-electron chi connectivity index (χ1n) is 26.1. The summed E-state index contributed by atoms with van der Waals surface area (Å²) in [6.07, 6.45) is 0. The Morgan fingerprint density at radius 1 is 0.280 bits per heavy atom. The summed E-state index contributed by atoms with van der Waals surface area (Å²) in [5.74, 6) is 0. The summed E-state index contributed by atoms with van der Waals surface area (Å²) in [7, 11) is 4.36. The van der Waals surface area contributed by atoms with Crippen LogP contribution in [0.1, 0.15) is 25.0 Å². The summed E-state index contributed by atoms with van der Waals surface area (Å²) in [4.78, 5) is 9.57.